The highest BCUT2D eigenvalue weighted by Gasteiger charge is 2.65. The summed E-state index contributed by atoms with van der Waals surface area (Å²) in [6.45, 7) is 4.51. The monoisotopic (exact) mass is 1230 g/mol. The SMILES string of the molecule is C[C@H](CCC(=O)O[C@H]1C[C@H]2[C@@H]3CC[C@H]4C[C@@H](O[C@@H]5O[C@H](CO)[C@H](O[C@@H]6O[C@H](CO)[C@@H](O[C@@H]7OC[C@@H](O)[C@H](O)[C@H]7O)[C@H](O)[C@H]6O[C@@H]6O[C@H](CO)[C@@H](O)[C@H](O)[C@H]6O)[C@H](O)[C@H]5O)CC[C@]4(C)[C@H]3CC[C@]2(C)[C@H]1[C@H](C)O)CO[C@@H]1O[C@H](CO)[C@@H](O)[C@H](O)[C@H]1O. The van der Waals surface area contributed by atoms with Gasteiger partial charge in [-0.05, 0) is 105 Å². The second-order valence-corrected chi connectivity index (χ2v) is 26.1. The van der Waals surface area contributed by atoms with Crippen LogP contribution in [0.2, 0.25) is 0 Å². The number of rotatable bonds is 20. The molecule has 9 aliphatic rings. The zero-order valence-corrected chi connectivity index (χ0v) is 48.4. The number of aliphatic hydroxyl groups excluding tert-OH is 17. The Morgan fingerprint density at radius 1 is 0.529 bits per heavy atom. The maximum absolute atomic E-state index is 13.6. The van der Waals surface area contributed by atoms with Gasteiger partial charge in [0.2, 0.25) is 0 Å². The van der Waals surface area contributed by atoms with Crippen LogP contribution in [-0.4, -0.2) is 298 Å². The van der Waals surface area contributed by atoms with Crippen LogP contribution in [0.3, 0.4) is 0 Å². The molecule has 0 amide bonds. The molecule has 5 saturated heterocycles. The molecule has 5 heterocycles. The molecule has 0 aromatic rings. The summed E-state index contributed by atoms with van der Waals surface area (Å²) in [7, 11) is 0. The summed E-state index contributed by atoms with van der Waals surface area (Å²) in [6.07, 6.45) is -35.8. The van der Waals surface area contributed by atoms with E-state index in [2.05, 4.69) is 13.8 Å². The van der Waals surface area contributed by atoms with Crippen LogP contribution >= 0.6 is 0 Å². The van der Waals surface area contributed by atoms with Crippen LogP contribution < -0.4 is 0 Å². The zero-order chi connectivity index (χ0) is 61.7. The van der Waals surface area contributed by atoms with Gasteiger partial charge in [-0.2, -0.15) is 0 Å². The fourth-order valence-electron chi connectivity index (χ4n) is 16.0. The van der Waals surface area contributed by atoms with Crippen LogP contribution in [-0.2, 0) is 56.9 Å². The first-order valence-corrected chi connectivity index (χ1v) is 30.2. The van der Waals surface area contributed by atoms with Gasteiger partial charge in [0.1, 0.15) is 122 Å². The van der Waals surface area contributed by atoms with Crippen LogP contribution in [0.25, 0.3) is 0 Å². The Kier molecular flexibility index (Phi) is 22.4. The molecule has 85 heavy (non-hydrogen) atoms. The van der Waals surface area contributed by atoms with Crippen LogP contribution in [0.4, 0.5) is 0 Å². The van der Waals surface area contributed by atoms with Crippen molar-refractivity contribution in [2.75, 3.05) is 39.6 Å². The van der Waals surface area contributed by atoms with Crippen LogP contribution in [0, 0.1) is 46.3 Å². The molecule has 17 N–H and O–H groups in total. The Hall–Kier alpha value is -1.61. The Bertz CT molecular complexity index is 2130. The Balaban J connectivity index is 0.813. The topological polar surface area (TPSA) is 463 Å². The summed E-state index contributed by atoms with van der Waals surface area (Å²) in [5, 5.41) is 181. The molecule has 0 aromatic carbocycles. The number of hydrogen-bond donors (Lipinski definition) is 17. The molecule has 0 bridgehead atoms. The second-order valence-electron chi connectivity index (χ2n) is 26.1. The van der Waals surface area contributed by atoms with E-state index in [1.165, 1.54) is 0 Å². The number of ether oxygens (including phenoxy) is 11. The zero-order valence-electron chi connectivity index (χ0n) is 48.4. The maximum atomic E-state index is 13.6. The number of hydrogen-bond acceptors (Lipinski definition) is 29. The number of esters is 1. The molecule has 5 aliphatic heterocycles. The lowest BCUT2D eigenvalue weighted by atomic mass is 9.44. The van der Waals surface area contributed by atoms with E-state index in [0.29, 0.717) is 31.6 Å². The van der Waals surface area contributed by atoms with Gasteiger partial charge in [-0.15, -0.1) is 0 Å². The molecule has 9 fully saturated rings. The molecule has 4 saturated carbocycles. The average Bonchev–Trinajstić information content (AvgIpc) is 1.70. The molecular weight excluding hydrogens is 1140 g/mol. The molecule has 0 radical (unpaired) electrons. The summed E-state index contributed by atoms with van der Waals surface area (Å²) < 4.78 is 64.8. The van der Waals surface area contributed by atoms with Crippen molar-refractivity contribution in [3.8, 4) is 0 Å². The van der Waals surface area contributed by atoms with Gasteiger partial charge in [0, 0.05) is 12.3 Å². The van der Waals surface area contributed by atoms with E-state index < -0.39 is 205 Å². The Labute approximate surface area is 492 Å². The van der Waals surface area contributed by atoms with Gasteiger partial charge in [0.15, 0.2) is 31.5 Å². The smallest absolute Gasteiger partial charge is 0.306 e. The number of carbonyl (C=O) groups is 1. The standard InChI is InChI=1S/C56H94O29/c1-21(19-75-50-43(71)39(67)37(65)30(15-57)79-50)5-8-34(63)78-29-14-27-25-7-6-23-13-24(9-11-55(23,3)26(25)10-12-56(27,4)35(29)22(2)61)77-52-45(73)41(69)47(32(17-59)81-52)84-54-49(85-53-44(72)40(68)38(66)31(16-58)80-53)46(74)48(33(18-60)82-54)83-51-42(70)36(64)28(62)20-76-51/h21-33,35-54,57-62,64-74H,5-20H2,1-4H3/t21-,22+,23+,24+,25-,26+,27+,28-,29+,30-,31-,32-,33-,35+,36+,37-,38-,39+,40+,41-,42-,43-,44-,45-,46+,47+,48-,49-,50-,51+,52-,53+,54+,55+,56+/m1/s1. The summed E-state index contributed by atoms with van der Waals surface area (Å²) >= 11 is 0. The van der Waals surface area contributed by atoms with Crippen molar-refractivity contribution >= 4 is 5.97 Å². The lowest BCUT2D eigenvalue weighted by molar-refractivity contribution is -0.401. The minimum Gasteiger partial charge on any atom is -0.462 e. The van der Waals surface area contributed by atoms with E-state index in [9.17, 15) is 91.6 Å². The lowest BCUT2D eigenvalue weighted by Gasteiger charge is -2.61. The molecule has 29 nitrogen and oxygen atoms in total. The van der Waals surface area contributed by atoms with E-state index in [1.807, 2.05) is 6.92 Å². The fraction of sp³-hybridized carbons (Fsp3) is 0.982. The molecule has 9 rings (SSSR count). The van der Waals surface area contributed by atoms with E-state index in [-0.39, 0.29) is 53.4 Å². The summed E-state index contributed by atoms with van der Waals surface area (Å²) in [5.41, 5.74) is -0.423. The summed E-state index contributed by atoms with van der Waals surface area (Å²) in [4.78, 5) is 13.6. The molecule has 29 heteroatoms. The van der Waals surface area contributed by atoms with E-state index in [4.69, 9.17) is 52.1 Å². The maximum Gasteiger partial charge on any atom is 0.306 e. The van der Waals surface area contributed by atoms with Crippen molar-refractivity contribution in [2.45, 2.75) is 258 Å². The van der Waals surface area contributed by atoms with Gasteiger partial charge in [-0.3, -0.25) is 4.79 Å². The molecule has 492 valence electrons. The molecule has 0 aromatic heterocycles. The third kappa shape index (κ3) is 13.5. The first-order chi connectivity index (χ1) is 40.3. The van der Waals surface area contributed by atoms with Gasteiger partial charge >= 0.3 is 5.97 Å². The highest BCUT2D eigenvalue weighted by Crippen LogP contribution is 2.68. The lowest BCUT2D eigenvalue weighted by Crippen LogP contribution is -2.68. The van der Waals surface area contributed by atoms with Crippen LogP contribution in [0.1, 0.15) is 91.9 Å². The average molecular weight is 1230 g/mol. The summed E-state index contributed by atoms with van der Waals surface area (Å²) in [5.74, 6) is 0.0494. The summed E-state index contributed by atoms with van der Waals surface area (Å²) in [6, 6.07) is 0. The normalized spacial score (nSPS) is 51.9. The van der Waals surface area contributed by atoms with Gasteiger partial charge in [0.05, 0.1) is 51.8 Å². The van der Waals surface area contributed by atoms with Gasteiger partial charge < -0.3 is 139 Å². The predicted molar refractivity (Wildman–Crippen MR) is 281 cm³/mol. The second kappa shape index (κ2) is 28.1. The van der Waals surface area contributed by atoms with Crippen molar-refractivity contribution in [2.24, 2.45) is 46.3 Å². The fourth-order valence-corrected chi connectivity index (χ4v) is 16.0. The molecular formula is C56H94O29. The minimum absolute atomic E-state index is 0.0524. The van der Waals surface area contributed by atoms with Crippen molar-refractivity contribution in [3.05, 3.63) is 0 Å². The molecule has 0 unspecified atom stereocenters. The third-order valence-electron chi connectivity index (χ3n) is 20.9. The number of aliphatic hydroxyl groups is 17. The number of carbonyl (C=O) groups excluding carboxylic acids is 1. The molecule has 4 aliphatic carbocycles. The predicted octanol–water partition coefficient (Wildman–Crippen LogP) is -5.92. The van der Waals surface area contributed by atoms with Gasteiger partial charge in [-0.25, -0.2) is 0 Å². The van der Waals surface area contributed by atoms with Gasteiger partial charge in [0.25, 0.3) is 0 Å². The van der Waals surface area contributed by atoms with Crippen molar-refractivity contribution in [3.63, 3.8) is 0 Å². The van der Waals surface area contributed by atoms with Crippen molar-refractivity contribution in [1.82, 2.24) is 0 Å². The van der Waals surface area contributed by atoms with Crippen molar-refractivity contribution in [1.29, 1.82) is 0 Å². The van der Waals surface area contributed by atoms with E-state index in [1.54, 1.807) is 6.92 Å². The Morgan fingerprint density at radius 2 is 1.06 bits per heavy atom. The highest BCUT2D eigenvalue weighted by molar-refractivity contribution is 5.69. The van der Waals surface area contributed by atoms with Crippen LogP contribution in [0.15, 0.2) is 0 Å². The third-order valence-corrected chi connectivity index (χ3v) is 20.9. The molecule has 35 atom stereocenters. The molecule has 0 spiro atoms. The minimum atomic E-state index is -2.02. The van der Waals surface area contributed by atoms with E-state index in [0.717, 1.165) is 32.1 Å². The number of fused-ring (bicyclic) bond motifs is 5. The first-order valence-electron chi connectivity index (χ1n) is 30.2. The Morgan fingerprint density at radius 3 is 1.69 bits per heavy atom. The first kappa shape index (κ1) is 67.8. The van der Waals surface area contributed by atoms with E-state index >= 15 is 0 Å². The largest absolute Gasteiger partial charge is 0.462 e. The van der Waals surface area contributed by atoms with Crippen molar-refractivity contribution < 1.29 is 144 Å². The highest BCUT2D eigenvalue weighted by atomic mass is 16.8. The quantitative estimate of drug-likeness (QED) is 0.0399. The van der Waals surface area contributed by atoms with Crippen LogP contribution in [0.5, 0.6) is 0 Å². The van der Waals surface area contributed by atoms with Gasteiger partial charge in [-0.1, -0.05) is 20.8 Å².